The fourth-order valence-corrected chi connectivity index (χ4v) is 1.62. The number of carbonyl (C=O) groups excluding carboxylic acids is 1. The van der Waals surface area contributed by atoms with Crippen LogP contribution < -0.4 is 4.74 Å². The van der Waals surface area contributed by atoms with Gasteiger partial charge in [-0.15, -0.1) is 0 Å². The van der Waals surface area contributed by atoms with Gasteiger partial charge in [0.15, 0.2) is 5.78 Å². The summed E-state index contributed by atoms with van der Waals surface area (Å²) >= 11 is 0. The molecule has 1 aromatic rings. The minimum Gasteiger partial charge on any atom is -0.494 e. The maximum absolute atomic E-state index is 11.4. The summed E-state index contributed by atoms with van der Waals surface area (Å²) in [5.74, 6) is 1.32. The first kappa shape index (κ1) is 15.7. The van der Waals surface area contributed by atoms with Crippen molar-refractivity contribution in [3.05, 3.63) is 29.3 Å². The van der Waals surface area contributed by atoms with Crippen LogP contribution in [0.2, 0.25) is 0 Å². The van der Waals surface area contributed by atoms with Gasteiger partial charge in [0.1, 0.15) is 5.75 Å². The third-order valence-corrected chi connectivity index (χ3v) is 3.21. The van der Waals surface area contributed by atoms with E-state index in [2.05, 4.69) is 20.8 Å². The van der Waals surface area contributed by atoms with Gasteiger partial charge in [-0.05, 0) is 44.9 Å². The van der Waals surface area contributed by atoms with Gasteiger partial charge in [0.05, 0.1) is 19.3 Å². The minimum atomic E-state index is 0.0567. The fourth-order valence-electron chi connectivity index (χ4n) is 1.62. The van der Waals surface area contributed by atoms with Crippen LogP contribution in [0.5, 0.6) is 5.75 Å². The summed E-state index contributed by atoms with van der Waals surface area (Å²) in [6.45, 7) is 10.9. The van der Waals surface area contributed by atoms with Crippen LogP contribution in [0.1, 0.15) is 50.5 Å². The Morgan fingerprint density at radius 1 is 1.26 bits per heavy atom. The summed E-state index contributed by atoms with van der Waals surface area (Å²) in [6.07, 6.45) is 0.176. The third kappa shape index (κ3) is 4.67. The standard InChI is InChI=1S/C16H24O3/c1-6-18-16-8-7-14(12(4)17)9-15(16)10-19-13(5)11(2)3/h7-9,11,13H,6,10H2,1-5H3. The van der Waals surface area contributed by atoms with Gasteiger partial charge in [0.2, 0.25) is 0 Å². The molecule has 0 aliphatic rings. The van der Waals surface area contributed by atoms with Gasteiger partial charge in [0, 0.05) is 11.1 Å². The fraction of sp³-hybridized carbons (Fsp3) is 0.562. The summed E-state index contributed by atoms with van der Waals surface area (Å²) in [5, 5.41) is 0. The first-order chi connectivity index (χ1) is 8.95. The molecular formula is C16H24O3. The first-order valence-corrected chi connectivity index (χ1v) is 6.84. The molecule has 1 rings (SSSR count). The molecular weight excluding hydrogens is 240 g/mol. The highest BCUT2D eigenvalue weighted by Gasteiger charge is 2.11. The second-order valence-electron chi connectivity index (χ2n) is 5.07. The molecule has 19 heavy (non-hydrogen) atoms. The van der Waals surface area contributed by atoms with E-state index in [1.807, 2.05) is 19.1 Å². The topological polar surface area (TPSA) is 35.5 Å². The Morgan fingerprint density at radius 2 is 1.95 bits per heavy atom. The van der Waals surface area contributed by atoms with Crippen LogP contribution in [-0.2, 0) is 11.3 Å². The SMILES string of the molecule is CCOc1ccc(C(C)=O)cc1COC(C)C(C)C. The summed E-state index contributed by atoms with van der Waals surface area (Å²) in [5.41, 5.74) is 1.63. The predicted octanol–water partition coefficient (Wildman–Crippen LogP) is 3.85. The molecule has 0 aliphatic carbocycles. The van der Waals surface area contributed by atoms with Gasteiger partial charge < -0.3 is 9.47 Å². The highest BCUT2D eigenvalue weighted by Crippen LogP contribution is 2.23. The lowest BCUT2D eigenvalue weighted by molar-refractivity contribution is 0.0224. The largest absolute Gasteiger partial charge is 0.494 e. The Balaban J connectivity index is 2.87. The van der Waals surface area contributed by atoms with E-state index in [0.717, 1.165) is 11.3 Å². The van der Waals surface area contributed by atoms with Crippen molar-refractivity contribution in [3.8, 4) is 5.75 Å². The molecule has 0 radical (unpaired) electrons. The number of rotatable bonds is 7. The molecule has 0 saturated carbocycles. The normalized spacial score (nSPS) is 12.5. The number of ketones is 1. The number of benzene rings is 1. The van der Waals surface area contributed by atoms with E-state index >= 15 is 0 Å². The monoisotopic (exact) mass is 264 g/mol. The lowest BCUT2D eigenvalue weighted by Crippen LogP contribution is -2.15. The number of carbonyl (C=O) groups is 1. The van der Waals surface area contributed by atoms with E-state index < -0.39 is 0 Å². The molecule has 0 saturated heterocycles. The van der Waals surface area contributed by atoms with Crippen molar-refractivity contribution in [1.82, 2.24) is 0 Å². The van der Waals surface area contributed by atoms with Crippen molar-refractivity contribution in [2.24, 2.45) is 5.92 Å². The third-order valence-electron chi connectivity index (χ3n) is 3.21. The van der Waals surface area contributed by atoms with Crippen LogP contribution in [0.15, 0.2) is 18.2 Å². The molecule has 0 N–H and O–H groups in total. The number of ether oxygens (including phenoxy) is 2. The lowest BCUT2D eigenvalue weighted by Gasteiger charge is -2.18. The molecule has 0 aliphatic heterocycles. The Labute approximate surface area is 115 Å². The molecule has 0 fully saturated rings. The Hall–Kier alpha value is -1.35. The van der Waals surface area contributed by atoms with Crippen LogP contribution >= 0.6 is 0 Å². The van der Waals surface area contributed by atoms with Crippen molar-refractivity contribution in [1.29, 1.82) is 0 Å². The number of Topliss-reactive ketones (excluding diaryl/α,β-unsaturated/α-hetero) is 1. The van der Waals surface area contributed by atoms with Crippen molar-refractivity contribution < 1.29 is 14.3 Å². The van der Waals surface area contributed by atoms with Crippen molar-refractivity contribution in [3.63, 3.8) is 0 Å². The lowest BCUT2D eigenvalue weighted by atomic mass is 10.1. The smallest absolute Gasteiger partial charge is 0.159 e. The van der Waals surface area contributed by atoms with E-state index in [1.165, 1.54) is 0 Å². The molecule has 0 bridgehead atoms. The zero-order valence-electron chi connectivity index (χ0n) is 12.5. The van der Waals surface area contributed by atoms with Gasteiger partial charge in [-0.3, -0.25) is 4.79 Å². The van der Waals surface area contributed by atoms with Crippen molar-refractivity contribution in [2.45, 2.75) is 47.3 Å². The highest BCUT2D eigenvalue weighted by molar-refractivity contribution is 5.94. The van der Waals surface area contributed by atoms with E-state index in [0.29, 0.717) is 24.7 Å². The molecule has 106 valence electrons. The summed E-state index contributed by atoms with van der Waals surface area (Å²) in [6, 6.07) is 5.50. The highest BCUT2D eigenvalue weighted by atomic mass is 16.5. The number of hydrogen-bond acceptors (Lipinski definition) is 3. The van der Waals surface area contributed by atoms with Gasteiger partial charge in [0.25, 0.3) is 0 Å². The maximum Gasteiger partial charge on any atom is 0.159 e. The maximum atomic E-state index is 11.4. The van der Waals surface area contributed by atoms with E-state index in [9.17, 15) is 4.79 Å². The molecule has 3 heteroatoms. The van der Waals surface area contributed by atoms with E-state index in [1.54, 1.807) is 13.0 Å². The Morgan fingerprint density at radius 3 is 2.47 bits per heavy atom. The molecule has 3 nitrogen and oxygen atoms in total. The van der Waals surface area contributed by atoms with Crippen molar-refractivity contribution >= 4 is 5.78 Å². The van der Waals surface area contributed by atoms with Crippen LogP contribution in [0.4, 0.5) is 0 Å². The molecule has 0 aromatic heterocycles. The summed E-state index contributed by atoms with van der Waals surface area (Å²) in [4.78, 5) is 11.4. The second-order valence-corrected chi connectivity index (χ2v) is 5.07. The average molecular weight is 264 g/mol. The molecule has 0 spiro atoms. The van der Waals surface area contributed by atoms with Crippen LogP contribution in [-0.4, -0.2) is 18.5 Å². The summed E-state index contributed by atoms with van der Waals surface area (Å²) < 4.78 is 11.4. The van der Waals surface area contributed by atoms with Gasteiger partial charge in [-0.1, -0.05) is 13.8 Å². The van der Waals surface area contributed by atoms with Gasteiger partial charge in [-0.2, -0.15) is 0 Å². The molecule has 0 heterocycles. The summed E-state index contributed by atoms with van der Waals surface area (Å²) in [7, 11) is 0. The minimum absolute atomic E-state index is 0.0567. The van der Waals surface area contributed by atoms with E-state index in [4.69, 9.17) is 9.47 Å². The Kier molecular flexibility index (Phi) is 6.03. The van der Waals surface area contributed by atoms with E-state index in [-0.39, 0.29) is 11.9 Å². The van der Waals surface area contributed by atoms with Crippen LogP contribution in [0.3, 0.4) is 0 Å². The predicted molar refractivity (Wildman–Crippen MR) is 76.7 cm³/mol. The molecule has 1 atom stereocenters. The van der Waals surface area contributed by atoms with Crippen LogP contribution in [0.25, 0.3) is 0 Å². The average Bonchev–Trinajstić information content (AvgIpc) is 2.37. The van der Waals surface area contributed by atoms with Crippen LogP contribution in [0, 0.1) is 5.92 Å². The molecule has 0 amide bonds. The molecule has 1 aromatic carbocycles. The second kappa shape index (κ2) is 7.29. The van der Waals surface area contributed by atoms with Crippen molar-refractivity contribution in [2.75, 3.05) is 6.61 Å². The quantitative estimate of drug-likeness (QED) is 0.702. The molecule has 1 unspecified atom stereocenters. The number of hydrogen-bond donors (Lipinski definition) is 0. The first-order valence-electron chi connectivity index (χ1n) is 6.84. The Bertz CT molecular complexity index is 424. The van der Waals surface area contributed by atoms with Gasteiger partial charge >= 0.3 is 0 Å². The zero-order chi connectivity index (χ0) is 14.4. The zero-order valence-corrected chi connectivity index (χ0v) is 12.5. The van der Waals surface area contributed by atoms with Gasteiger partial charge in [-0.25, -0.2) is 0 Å².